The summed E-state index contributed by atoms with van der Waals surface area (Å²) in [5.41, 5.74) is 2.40. The lowest BCUT2D eigenvalue weighted by atomic mass is 9.94. The molecule has 0 N–H and O–H groups in total. The number of terminal acetylenes is 1. The Bertz CT molecular complexity index is 389. The number of nitriles is 1. The van der Waals surface area contributed by atoms with E-state index in [1.165, 1.54) is 0 Å². The first-order valence-electron chi connectivity index (χ1n) is 4.20. The van der Waals surface area contributed by atoms with Gasteiger partial charge in [-0.15, -0.1) is 6.42 Å². The first kappa shape index (κ1) is 9.36. The van der Waals surface area contributed by atoms with Crippen molar-refractivity contribution >= 4 is 0 Å². The fourth-order valence-corrected chi connectivity index (χ4v) is 1.31. The molecule has 0 aliphatic carbocycles. The summed E-state index contributed by atoms with van der Waals surface area (Å²) in [7, 11) is 0. The molecule has 0 amide bonds. The van der Waals surface area contributed by atoms with Crippen molar-refractivity contribution in [3.63, 3.8) is 0 Å². The molecule has 0 aliphatic rings. The third kappa shape index (κ3) is 1.71. The maximum Gasteiger partial charge on any atom is 0.100 e. The molecule has 1 aromatic rings. The van der Waals surface area contributed by atoms with Crippen molar-refractivity contribution in [2.45, 2.75) is 19.8 Å². The first-order valence-corrected chi connectivity index (χ1v) is 4.20. The van der Waals surface area contributed by atoms with Gasteiger partial charge in [-0.2, -0.15) is 5.26 Å². The molecular formula is C12H11N. The number of hydrogen-bond donors (Lipinski definition) is 0. The van der Waals surface area contributed by atoms with Gasteiger partial charge in [-0.25, -0.2) is 0 Å². The quantitative estimate of drug-likeness (QED) is 0.593. The second-order valence-corrected chi connectivity index (χ2v) is 3.18. The topological polar surface area (TPSA) is 23.8 Å². The molecule has 0 atom stereocenters. The van der Waals surface area contributed by atoms with Crippen LogP contribution < -0.4 is 0 Å². The van der Waals surface area contributed by atoms with Gasteiger partial charge in [0, 0.05) is 5.56 Å². The highest BCUT2D eigenvalue weighted by Gasteiger charge is 2.07. The molecule has 0 saturated carbocycles. The minimum absolute atomic E-state index is 0.361. The van der Waals surface area contributed by atoms with Crippen molar-refractivity contribution in [3.05, 3.63) is 34.9 Å². The second kappa shape index (κ2) is 3.78. The summed E-state index contributed by atoms with van der Waals surface area (Å²) < 4.78 is 0. The lowest BCUT2D eigenvalue weighted by molar-refractivity contribution is 0.862. The Morgan fingerprint density at radius 3 is 2.54 bits per heavy atom. The minimum atomic E-state index is 0.361. The summed E-state index contributed by atoms with van der Waals surface area (Å²) >= 11 is 0. The normalized spacial score (nSPS) is 9.31. The van der Waals surface area contributed by atoms with Crippen molar-refractivity contribution in [2.24, 2.45) is 0 Å². The van der Waals surface area contributed by atoms with E-state index in [2.05, 4.69) is 25.8 Å². The zero-order valence-electron chi connectivity index (χ0n) is 7.83. The molecule has 0 radical (unpaired) electrons. The van der Waals surface area contributed by atoms with E-state index < -0.39 is 0 Å². The summed E-state index contributed by atoms with van der Waals surface area (Å²) in [6.07, 6.45) is 5.36. The van der Waals surface area contributed by atoms with E-state index in [4.69, 9.17) is 11.7 Å². The summed E-state index contributed by atoms with van der Waals surface area (Å²) in [6.45, 7) is 4.13. The van der Waals surface area contributed by atoms with Gasteiger partial charge in [-0.05, 0) is 17.5 Å². The van der Waals surface area contributed by atoms with Crippen LogP contribution in [0.5, 0.6) is 0 Å². The Hall–Kier alpha value is -1.73. The minimum Gasteiger partial charge on any atom is -0.192 e. The van der Waals surface area contributed by atoms with Gasteiger partial charge in [-0.1, -0.05) is 31.9 Å². The molecule has 0 bridgehead atoms. The van der Waals surface area contributed by atoms with Crippen molar-refractivity contribution < 1.29 is 0 Å². The monoisotopic (exact) mass is 169 g/mol. The lowest BCUT2D eigenvalue weighted by Gasteiger charge is -2.08. The average Bonchev–Trinajstić information content (AvgIpc) is 2.16. The molecule has 0 aliphatic heterocycles. The third-order valence-corrected chi connectivity index (χ3v) is 1.98. The van der Waals surface area contributed by atoms with E-state index in [1.807, 2.05) is 12.1 Å². The molecule has 0 spiro atoms. The molecule has 1 aromatic carbocycles. The maximum atomic E-state index is 8.81. The van der Waals surface area contributed by atoms with Crippen molar-refractivity contribution in [1.29, 1.82) is 5.26 Å². The summed E-state index contributed by atoms with van der Waals surface area (Å²) in [4.78, 5) is 0. The molecule has 0 saturated heterocycles. The molecule has 1 rings (SSSR count). The van der Waals surface area contributed by atoms with Gasteiger partial charge in [-0.3, -0.25) is 0 Å². The third-order valence-electron chi connectivity index (χ3n) is 1.98. The summed E-state index contributed by atoms with van der Waals surface area (Å²) in [6, 6.07) is 7.69. The maximum absolute atomic E-state index is 8.81. The predicted molar refractivity (Wildman–Crippen MR) is 53.2 cm³/mol. The van der Waals surface area contributed by atoms with Crippen LogP contribution in [0.1, 0.15) is 36.5 Å². The average molecular weight is 169 g/mol. The van der Waals surface area contributed by atoms with Crippen LogP contribution >= 0.6 is 0 Å². The molecule has 64 valence electrons. The highest BCUT2D eigenvalue weighted by atomic mass is 14.2. The van der Waals surface area contributed by atoms with Crippen LogP contribution in [-0.4, -0.2) is 0 Å². The molecule has 13 heavy (non-hydrogen) atoms. The van der Waals surface area contributed by atoms with E-state index in [9.17, 15) is 0 Å². The number of benzene rings is 1. The lowest BCUT2D eigenvalue weighted by Crippen LogP contribution is -1.95. The molecule has 1 heteroatoms. The highest BCUT2D eigenvalue weighted by molar-refractivity contribution is 5.52. The summed E-state index contributed by atoms with van der Waals surface area (Å²) in [5.74, 6) is 2.93. The van der Waals surface area contributed by atoms with Gasteiger partial charge in [0.25, 0.3) is 0 Å². The predicted octanol–water partition coefficient (Wildman–Crippen LogP) is 2.66. The van der Waals surface area contributed by atoms with Gasteiger partial charge in [0.05, 0.1) is 5.56 Å². The Morgan fingerprint density at radius 1 is 1.38 bits per heavy atom. The Labute approximate surface area is 79.0 Å². The van der Waals surface area contributed by atoms with Crippen molar-refractivity contribution in [1.82, 2.24) is 0 Å². The standard InChI is InChI=1S/C12H11N/c1-4-11-10(8-13)6-5-7-12(11)9(2)3/h1,5-7,9H,2-3H3. The fourth-order valence-electron chi connectivity index (χ4n) is 1.31. The van der Waals surface area contributed by atoms with Crippen LogP contribution in [0.15, 0.2) is 18.2 Å². The van der Waals surface area contributed by atoms with Gasteiger partial charge >= 0.3 is 0 Å². The van der Waals surface area contributed by atoms with E-state index in [0.717, 1.165) is 11.1 Å². The van der Waals surface area contributed by atoms with E-state index in [-0.39, 0.29) is 0 Å². The van der Waals surface area contributed by atoms with Crippen molar-refractivity contribution in [3.8, 4) is 18.4 Å². The van der Waals surface area contributed by atoms with Gasteiger partial charge in [0.1, 0.15) is 6.07 Å². The molecule has 0 fully saturated rings. The number of nitrogens with zero attached hydrogens (tertiary/aromatic N) is 1. The molecule has 1 nitrogen and oxygen atoms in total. The van der Waals surface area contributed by atoms with Gasteiger partial charge in [0.15, 0.2) is 0 Å². The van der Waals surface area contributed by atoms with Crippen molar-refractivity contribution in [2.75, 3.05) is 0 Å². The largest absolute Gasteiger partial charge is 0.192 e. The SMILES string of the molecule is C#Cc1c(C#N)cccc1C(C)C. The highest BCUT2D eigenvalue weighted by Crippen LogP contribution is 2.21. The smallest absolute Gasteiger partial charge is 0.100 e. The molecule has 0 aromatic heterocycles. The van der Waals surface area contributed by atoms with Crippen LogP contribution in [0.3, 0.4) is 0 Å². The summed E-state index contributed by atoms with van der Waals surface area (Å²) in [5, 5.41) is 8.81. The Morgan fingerprint density at radius 2 is 2.08 bits per heavy atom. The van der Waals surface area contributed by atoms with Crippen LogP contribution in [0, 0.1) is 23.7 Å². The molecule has 0 unspecified atom stereocenters. The van der Waals surface area contributed by atoms with Crippen LogP contribution in [0.4, 0.5) is 0 Å². The van der Waals surface area contributed by atoms with Gasteiger partial charge in [0.2, 0.25) is 0 Å². The van der Waals surface area contributed by atoms with Crippen LogP contribution in [0.2, 0.25) is 0 Å². The molecule has 0 heterocycles. The second-order valence-electron chi connectivity index (χ2n) is 3.18. The van der Waals surface area contributed by atoms with E-state index in [1.54, 1.807) is 6.07 Å². The van der Waals surface area contributed by atoms with E-state index >= 15 is 0 Å². The zero-order valence-corrected chi connectivity index (χ0v) is 7.83. The van der Waals surface area contributed by atoms with E-state index in [0.29, 0.717) is 11.5 Å². The first-order chi connectivity index (χ1) is 6.20. The zero-order chi connectivity index (χ0) is 9.84. The Kier molecular flexibility index (Phi) is 2.72. The number of hydrogen-bond acceptors (Lipinski definition) is 1. The van der Waals surface area contributed by atoms with Crippen LogP contribution in [-0.2, 0) is 0 Å². The fraction of sp³-hybridized carbons (Fsp3) is 0.250. The van der Waals surface area contributed by atoms with Crippen LogP contribution in [0.25, 0.3) is 0 Å². The van der Waals surface area contributed by atoms with Gasteiger partial charge < -0.3 is 0 Å². The number of rotatable bonds is 1. The Balaban J connectivity index is 3.40. The molecular weight excluding hydrogens is 158 g/mol.